The second-order valence-corrected chi connectivity index (χ2v) is 5.35. The summed E-state index contributed by atoms with van der Waals surface area (Å²) in [6.07, 6.45) is 3.61. The lowest BCUT2D eigenvalue weighted by Crippen LogP contribution is -2.46. The van der Waals surface area contributed by atoms with E-state index >= 15 is 0 Å². The molecule has 1 aliphatic rings. The van der Waals surface area contributed by atoms with Gasteiger partial charge in [0.1, 0.15) is 5.69 Å². The second-order valence-electron chi connectivity index (χ2n) is 5.35. The highest BCUT2D eigenvalue weighted by Gasteiger charge is 2.28. The van der Waals surface area contributed by atoms with Crippen molar-refractivity contribution in [3.63, 3.8) is 0 Å². The maximum Gasteiger partial charge on any atom is 0.274 e. The molecule has 0 radical (unpaired) electrons. The van der Waals surface area contributed by atoms with E-state index in [2.05, 4.69) is 16.9 Å². The fourth-order valence-electron chi connectivity index (χ4n) is 2.83. The van der Waals surface area contributed by atoms with Crippen molar-refractivity contribution in [2.24, 2.45) is 0 Å². The zero-order valence-electron chi connectivity index (χ0n) is 12.7. The Kier molecular flexibility index (Phi) is 4.65. The number of nitrogen functional groups attached to an aromatic ring is 1. The molecule has 1 fully saturated rings. The van der Waals surface area contributed by atoms with Crippen LogP contribution < -0.4 is 5.73 Å². The van der Waals surface area contributed by atoms with Gasteiger partial charge in [-0.05, 0) is 26.3 Å². The SMILES string of the molecule is CCN1CCC(N(C)C(=O)c2c(N)cnn2CC)CC1. The highest BCUT2D eigenvalue weighted by Crippen LogP contribution is 2.20. The second kappa shape index (κ2) is 6.26. The molecule has 0 spiro atoms. The molecule has 1 saturated heterocycles. The molecule has 0 aromatic carbocycles. The molecule has 2 N–H and O–H groups in total. The van der Waals surface area contributed by atoms with Gasteiger partial charge in [-0.2, -0.15) is 5.10 Å². The largest absolute Gasteiger partial charge is 0.396 e. The summed E-state index contributed by atoms with van der Waals surface area (Å²) in [6, 6.07) is 0.296. The number of hydrogen-bond donors (Lipinski definition) is 1. The molecule has 20 heavy (non-hydrogen) atoms. The summed E-state index contributed by atoms with van der Waals surface area (Å²) in [5.74, 6) is -0.0169. The van der Waals surface area contributed by atoms with Crippen molar-refractivity contribution in [1.29, 1.82) is 0 Å². The third-order valence-corrected chi connectivity index (χ3v) is 4.24. The first-order valence-corrected chi connectivity index (χ1v) is 7.39. The van der Waals surface area contributed by atoms with Gasteiger partial charge < -0.3 is 15.5 Å². The van der Waals surface area contributed by atoms with Crippen molar-refractivity contribution in [3.05, 3.63) is 11.9 Å². The Morgan fingerprint density at radius 1 is 1.40 bits per heavy atom. The molecule has 1 aromatic rings. The number of carbonyl (C=O) groups is 1. The van der Waals surface area contributed by atoms with Gasteiger partial charge in [-0.15, -0.1) is 0 Å². The van der Waals surface area contributed by atoms with Crippen LogP contribution in [0.5, 0.6) is 0 Å². The van der Waals surface area contributed by atoms with Crippen LogP contribution in [0.15, 0.2) is 6.20 Å². The fourth-order valence-corrected chi connectivity index (χ4v) is 2.83. The Morgan fingerprint density at radius 3 is 2.60 bits per heavy atom. The normalized spacial score (nSPS) is 17.4. The van der Waals surface area contributed by atoms with E-state index in [0.717, 1.165) is 32.5 Å². The third kappa shape index (κ3) is 2.80. The van der Waals surface area contributed by atoms with Crippen LogP contribution in [0.3, 0.4) is 0 Å². The third-order valence-electron chi connectivity index (χ3n) is 4.24. The Bertz CT molecular complexity index is 462. The van der Waals surface area contributed by atoms with Crippen molar-refractivity contribution >= 4 is 11.6 Å². The predicted octanol–water partition coefficient (Wildman–Crippen LogP) is 1.04. The zero-order chi connectivity index (χ0) is 14.7. The minimum Gasteiger partial charge on any atom is -0.396 e. The molecule has 1 aromatic heterocycles. The number of amides is 1. The van der Waals surface area contributed by atoms with Gasteiger partial charge in [-0.3, -0.25) is 9.48 Å². The van der Waals surface area contributed by atoms with Crippen LogP contribution in [0.25, 0.3) is 0 Å². The maximum absolute atomic E-state index is 12.6. The molecular weight excluding hydrogens is 254 g/mol. The van der Waals surface area contributed by atoms with Crippen molar-refractivity contribution in [2.45, 2.75) is 39.3 Å². The number of aryl methyl sites for hydroxylation is 1. The summed E-state index contributed by atoms with van der Waals surface area (Å²) in [5.41, 5.74) is 6.88. The first-order valence-electron chi connectivity index (χ1n) is 7.39. The molecular formula is C14H25N5O. The first kappa shape index (κ1) is 14.8. The molecule has 0 atom stereocenters. The van der Waals surface area contributed by atoms with Crippen molar-refractivity contribution in [2.75, 3.05) is 32.4 Å². The van der Waals surface area contributed by atoms with E-state index in [1.807, 2.05) is 18.9 Å². The van der Waals surface area contributed by atoms with Gasteiger partial charge in [0.2, 0.25) is 0 Å². The van der Waals surface area contributed by atoms with Crippen LogP contribution in [0.1, 0.15) is 37.2 Å². The summed E-state index contributed by atoms with van der Waals surface area (Å²) in [4.78, 5) is 16.9. The molecule has 6 heteroatoms. The Balaban J connectivity index is 2.07. The minimum absolute atomic E-state index is 0.0169. The van der Waals surface area contributed by atoms with Crippen molar-refractivity contribution in [3.8, 4) is 0 Å². The van der Waals surface area contributed by atoms with E-state index in [9.17, 15) is 4.79 Å². The number of likely N-dealkylation sites (tertiary alicyclic amines) is 1. The lowest BCUT2D eigenvalue weighted by molar-refractivity contribution is 0.0636. The van der Waals surface area contributed by atoms with E-state index in [4.69, 9.17) is 5.73 Å². The Morgan fingerprint density at radius 2 is 2.05 bits per heavy atom. The van der Waals surface area contributed by atoms with Crippen molar-refractivity contribution in [1.82, 2.24) is 19.6 Å². The summed E-state index contributed by atoms with van der Waals surface area (Å²) >= 11 is 0. The van der Waals surface area contributed by atoms with Gasteiger partial charge in [-0.25, -0.2) is 0 Å². The number of piperidine rings is 1. The van der Waals surface area contributed by atoms with Crippen LogP contribution in [0, 0.1) is 0 Å². The number of aromatic nitrogens is 2. The topological polar surface area (TPSA) is 67.4 Å². The Hall–Kier alpha value is -1.56. The number of hydrogen-bond acceptors (Lipinski definition) is 4. The van der Waals surface area contributed by atoms with Gasteiger partial charge >= 0.3 is 0 Å². The Labute approximate surface area is 120 Å². The van der Waals surface area contributed by atoms with Crippen LogP contribution in [-0.4, -0.2) is 58.2 Å². The van der Waals surface area contributed by atoms with Gasteiger partial charge in [0.25, 0.3) is 5.91 Å². The van der Waals surface area contributed by atoms with E-state index in [-0.39, 0.29) is 5.91 Å². The molecule has 112 valence electrons. The van der Waals surface area contributed by atoms with Crippen LogP contribution in [0.2, 0.25) is 0 Å². The number of nitrogens with two attached hydrogens (primary N) is 1. The monoisotopic (exact) mass is 279 g/mol. The molecule has 1 aliphatic heterocycles. The molecule has 1 amide bonds. The first-order chi connectivity index (χ1) is 9.58. The smallest absolute Gasteiger partial charge is 0.274 e. The van der Waals surface area contributed by atoms with Gasteiger partial charge in [0.05, 0.1) is 11.9 Å². The quantitative estimate of drug-likeness (QED) is 0.894. The van der Waals surface area contributed by atoms with E-state index in [0.29, 0.717) is 24.0 Å². The van der Waals surface area contributed by atoms with Gasteiger partial charge in [0, 0.05) is 32.7 Å². The number of rotatable bonds is 4. The van der Waals surface area contributed by atoms with E-state index in [1.54, 1.807) is 10.9 Å². The summed E-state index contributed by atoms with van der Waals surface area (Å²) in [5, 5.41) is 4.14. The molecule has 0 saturated carbocycles. The fraction of sp³-hybridized carbons (Fsp3) is 0.714. The van der Waals surface area contributed by atoms with E-state index in [1.165, 1.54) is 0 Å². The average molecular weight is 279 g/mol. The maximum atomic E-state index is 12.6. The summed E-state index contributed by atoms with van der Waals surface area (Å²) < 4.78 is 1.68. The lowest BCUT2D eigenvalue weighted by Gasteiger charge is -2.36. The van der Waals surface area contributed by atoms with Gasteiger partial charge in [0.15, 0.2) is 0 Å². The predicted molar refractivity (Wildman–Crippen MR) is 79.5 cm³/mol. The van der Waals surface area contributed by atoms with Crippen LogP contribution in [0.4, 0.5) is 5.69 Å². The molecule has 6 nitrogen and oxygen atoms in total. The lowest BCUT2D eigenvalue weighted by atomic mass is 10.0. The number of carbonyl (C=O) groups excluding carboxylic acids is 1. The molecule has 0 aliphatic carbocycles. The average Bonchev–Trinajstić information content (AvgIpc) is 2.86. The minimum atomic E-state index is -0.0169. The summed E-state index contributed by atoms with van der Waals surface area (Å²) in [6.45, 7) is 7.99. The van der Waals surface area contributed by atoms with Crippen LogP contribution >= 0.6 is 0 Å². The molecule has 2 heterocycles. The van der Waals surface area contributed by atoms with Crippen molar-refractivity contribution < 1.29 is 4.79 Å². The highest BCUT2D eigenvalue weighted by atomic mass is 16.2. The molecule has 0 bridgehead atoms. The standard InChI is InChI=1S/C14H25N5O/c1-4-18-8-6-11(7-9-18)17(3)14(20)13-12(15)10-16-19(13)5-2/h10-11H,4-9,15H2,1-3H3. The van der Waals surface area contributed by atoms with E-state index < -0.39 is 0 Å². The van der Waals surface area contributed by atoms with Gasteiger partial charge in [-0.1, -0.05) is 6.92 Å². The molecule has 0 unspecified atom stereocenters. The molecule has 2 rings (SSSR count). The van der Waals surface area contributed by atoms with Crippen LogP contribution in [-0.2, 0) is 6.54 Å². The highest BCUT2D eigenvalue weighted by molar-refractivity contribution is 5.97. The number of nitrogens with zero attached hydrogens (tertiary/aromatic N) is 4. The number of anilines is 1. The summed E-state index contributed by atoms with van der Waals surface area (Å²) in [7, 11) is 1.88. The zero-order valence-corrected chi connectivity index (χ0v) is 12.7.